The molecular weight excluding hydrogens is 442 g/mol. The number of amides is 1. The Kier molecular flexibility index (Phi) is 7.81. The number of nitrogens with one attached hydrogen (secondary N) is 1. The number of hydrazone groups is 1. The van der Waals surface area contributed by atoms with Crippen LogP contribution in [0.25, 0.3) is 0 Å². The first kappa shape index (κ1) is 24.0. The maximum atomic E-state index is 12.9. The summed E-state index contributed by atoms with van der Waals surface area (Å²) >= 11 is 0. The number of carbonyl (C=O) groups is 1. The normalized spacial score (nSPS) is 11.5. The van der Waals surface area contributed by atoms with Gasteiger partial charge in [-0.25, -0.2) is 13.8 Å². The molecule has 0 heterocycles. The number of aryl methyl sites for hydroxylation is 1. The van der Waals surface area contributed by atoms with Crippen molar-refractivity contribution in [3.8, 4) is 17.2 Å². The number of nitrogens with zero attached hydrogens (tertiary/aromatic N) is 2. The summed E-state index contributed by atoms with van der Waals surface area (Å²) in [6, 6.07) is 21.4. The number of sulfonamides is 1. The summed E-state index contributed by atoms with van der Waals surface area (Å²) in [6.07, 6.45) is 1.45. The fraction of sp³-hybridized carbons (Fsp3) is 0.167. The second-order valence-electron chi connectivity index (χ2n) is 7.20. The van der Waals surface area contributed by atoms with Gasteiger partial charge in [0.2, 0.25) is 10.0 Å². The Bertz CT molecular complexity index is 1240. The largest absolute Gasteiger partial charge is 0.495 e. The molecular formula is C24H25N3O5S. The van der Waals surface area contributed by atoms with Crippen LogP contribution in [0.1, 0.15) is 11.1 Å². The third kappa shape index (κ3) is 6.41. The highest BCUT2D eigenvalue weighted by Crippen LogP contribution is 2.27. The fourth-order valence-electron chi connectivity index (χ4n) is 2.94. The molecule has 0 unspecified atom stereocenters. The number of benzene rings is 3. The zero-order valence-corrected chi connectivity index (χ0v) is 19.4. The van der Waals surface area contributed by atoms with Gasteiger partial charge in [-0.15, -0.1) is 0 Å². The Hall–Kier alpha value is -3.69. The van der Waals surface area contributed by atoms with Gasteiger partial charge in [0.1, 0.15) is 22.1 Å². The summed E-state index contributed by atoms with van der Waals surface area (Å²) in [7, 11) is -1.21. The number of methoxy groups -OCH3 is 1. The topological polar surface area (TPSA) is 97.3 Å². The maximum absolute atomic E-state index is 12.9. The van der Waals surface area contributed by atoms with E-state index in [0.29, 0.717) is 17.1 Å². The minimum absolute atomic E-state index is 0.000896. The standard InChI is InChI=1S/C24H25N3O5S/c1-18-12-13-22(31-3)23(14-18)33(29,30)27(2)17-24(28)26-25-16-19-8-7-11-21(15-19)32-20-9-5-4-6-10-20/h4-16H,17H2,1-3H3,(H,26,28). The van der Waals surface area contributed by atoms with Crippen LogP contribution in [0.5, 0.6) is 17.2 Å². The summed E-state index contributed by atoms with van der Waals surface area (Å²) < 4.78 is 37.7. The molecule has 0 saturated heterocycles. The molecule has 0 bridgehead atoms. The number of para-hydroxylation sites is 1. The van der Waals surface area contributed by atoms with Crippen molar-refractivity contribution in [3.05, 3.63) is 83.9 Å². The Morgan fingerprint density at radius 2 is 1.76 bits per heavy atom. The van der Waals surface area contributed by atoms with Gasteiger partial charge in [0.15, 0.2) is 0 Å². The quantitative estimate of drug-likeness (QED) is 0.383. The van der Waals surface area contributed by atoms with Crippen LogP contribution in [0.2, 0.25) is 0 Å². The van der Waals surface area contributed by atoms with Crippen LogP contribution >= 0.6 is 0 Å². The van der Waals surface area contributed by atoms with Crippen molar-refractivity contribution in [2.24, 2.45) is 5.10 Å². The highest BCUT2D eigenvalue weighted by molar-refractivity contribution is 7.89. The van der Waals surface area contributed by atoms with Crippen LogP contribution < -0.4 is 14.9 Å². The SMILES string of the molecule is COc1ccc(C)cc1S(=O)(=O)N(C)CC(=O)NN=Cc1cccc(Oc2ccccc2)c1. The fourth-order valence-corrected chi connectivity index (χ4v) is 4.30. The average Bonchev–Trinajstić information content (AvgIpc) is 2.80. The number of carbonyl (C=O) groups excluding carboxylic acids is 1. The molecule has 3 aromatic rings. The third-order valence-electron chi connectivity index (χ3n) is 4.61. The van der Waals surface area contributed by atoms with Crippen LogP contribution in [-0.2, 0) is 14.8 Å². The van der Waals surface area contributed by atoms with Crippen LogP contribution in [-0.4, -0.2) is 45.5 Å². The number of ether oxygens (including phenoxy) is 2. The van der Waals surface area contributed by atoms with E-state index in [1.807, 2.05) is 36.4 Å². The van der Waals surface area contributed by atoms with Crippen LogP contribution in [0, 0.1) is 6.92 Å². The first-order valence-electron chi connectivity index (χ1n) is 10.1. The molecule has 0 aliphatic rings. The van der Waals surface area contributed by atoms with Gasteiger partial charge in [-0.3, -0.25) is 4.79 Å². The zero-order chi connectivity index (χ0) is 23.8. The first-order chi connectivity index (χ1) is 15.8. The molecule has 1 N–H and O–H groups in total. The summed E-state index contributed by atoms with van der Waals surface area (Å²) in [5.41, 5.74) is 3.81. The van der Waals surface area contributed by atoms with E-state index in [9.17, 15) is 13.2 Å². The molecule has 3 rings (SSSR count). The van der Waals surface area contributed by atoms with Crippen molar-refractivity contribution >= 4 is 22.1 Å². The number of hydrogen-bond donors (Lipinski definition) is 1. The van der Waals surface area contributed by atoms with E-state index in [-0.39, 0.29) is 10.6 Å². The smallest absolute Gasteiger partial charge is 0.255 e. The van der Waals surface area contributed by atoms with Gasteiger partial charge in [-0.2, -0.15) is 9.41 Å². The van der Waals surface area contributed by atoms with E-state index >= 15 is 0 Å². The van der Waals surface area contributed by atoms with E-state index < -0.39 is 22.5 Å². The zero-order valence-electron chi connectivity index (χ0n) is 18.6. The Labute approximate surface area is 193 Å². The van der Waals surface area contributed by atoms with E-state index in [1.54, 1.807) is 37.3 Å². The first-order valence-corrected chi connectivity index (χ1v) is 11.5. The molecule has 33 heavy (non-hydrogen) atoms. The second kappa shape index (κ2) is 10.8. The van der Waals surface area contributed by atoms with E-state index in [4.69, 9.17) is 9.47 Å². The molecule has 9 heteroatoms. The molecule has 3 aromatic carbocycles. The lowest BCUT2D eigenvalue weighted by Crippen LogP contribution is -2.36. The molecule has 0 fully saturated rings. The monoisotopic (exact) mass is 467 g/mol. The van der Waals surface area contributed by atoms with Crippen molar-refractivity contribution in [1.82, 2.24) is 9.73 Å². The van der Waals surface area contributed by atoms with Crippen molar-refractivity contribution in [1.29, 1.82) is 0 Å². The highest BCUT2D eigenvalue weighted by atomic mass is 32.2. The van der Waals surface area contributed by atoms with Gasteiger partial charge in [-0.05, 0) is 54.4 Å². The lowest BCUT2D eigenvalue weighted by molar-refractivity contribution is -0.121. The van der Waals surface area contributed by atoms with Gasteiger partial charge in [0.05, 0.1) is 19.9 Å². The minimum atomic E-state index is -3.93. The predicted molar refractivity (Wildman–Crippen MR) is 126 cm³/mol. The average molecular weight is 468 g/mol. The summed E-state index contributed by atoms with van der Waals surface area (Å²) in [6.45, 7) is 1.37. The van der Waals surface area contributed by atoms with Crippen LogP contribution in [0.4, 0.5) is 0 Å². The lowest BCUT2D eigenvalue weighted by Gasteiger charge is -2.18. The number of rotatable bonds is 9. The van der Waals surface area contributed by atoms with Crippen molar-refractivity contribution in [2.75, 3.05) is 20.7 Å². The molecule has 8 nitrogen and oxygen atoms in total. The maximum Gasteiger partial charge on any atom is 0.255 e. The molecule has 0 aromatic heterocycles. The van der Waals surface area contributed by atoms with Gasteiger partial charge >= 0.3 is 0 Å². The Balaban J connectivity index is 1.61. The van der Waals surface area contributed by atoms with E-state index in [2.05, 4.69) is 10.5 Å². The molecule has 0 aliphatic heterocycles. The van der Waals surface area contributed by atoms with Gasteiger partial charge in [0, 0.05) is 7.05 Å². The molecule has 0 saturated carbocycles. The molecule has 0 atom stereocenters. The number of hydrogen-bond acceptors (Lipinski definition) is 6. The summed E-state index contributed by atoms with van der Waals surface area (Å²) in [5, 5.41) is 3.92. The van der Waals surface area contributed by atoms with Crippen molar-refractivity contribution in [2.45, 2.75) is 11.8 Å². The summed E-state index contributed by atoms with van der Waals surface area (Å²) in [5.74, 6) is 0.952. The number of likely N-dealkylation sites (N-methyl/N-ethyl adjacent to an activating group) is 1. The molecule has 0 radical (unpaired) electrons. The highest BCUT2D eigenvalue weighted by Gasteiger charge is 2.26. The molecule has 172 valence electrons. The predicted octanol–water partition coefficient (Wildman–Crippen LogP) is 3.57. The van der Waals surface area contributed by atoms with E-state index in [1.165, 1.54) is 26.4 Å². The molecule has 0 aliphatic carbocycles. The van der Waals surface area contributed by atoms with Gasteiger partial charge in [-0.1, -0.05) is 36.4 Å². The van der Waals surface area contributed by atoms with Crippen LogP contribution in [0.15, 0.2) is 82.8 Å². The van der Waals surface area contributed by atoms with Gasteiger partial charge < -0.3 is 9.47 Å². The Morgan fingerprint density at radius 3 is 2.48 bits per heavy atom. The molecule has 0 spiro atoms. The van der Waals surface area contributed by atoms with Crippen molar-refractivity contribution in [3.63, 3.8) is 0 Å². The second-order valence-corrected chi connectivity index (χ2v) is 9.21. The lowest BCUT2D eigenvalue weighted by atomic mass is 10.2. The van der Waals surface area contributed by atoms with Crippen LogP contribution in [0.3, 0.4) is 0 Å². The van der Waals surface area contributed by atoms with Crippen molar-refractivity contribution < 1.29 is 22.7 Å². The van der Waals surface area contributed by atoms with Gasteiger partial charge in [0.25, 0.3) is 5.91 Å². The minimum Gasteiger partial charge on any atom is -0.495 e. The summed E-state index contributed by atoms with van der Waals surface area (Å²) in [4.78, 5) is 12.3. The van der Waals surface area contributed by atoms with E-state index in [0.717, 1.165) is 9.87 Å². The molecule has 1 amide bonds. The Morgan fingerprint density at radius 1 is 1.03 bits per heavy atom. The third-order valence-corrected chi connectivity index (χ3v) is 6.44.